The van der Waals surface area contributed by atoms with Crippen LogP contribution in [0, 0.1) is 6.92 Å². The molecule has 1 aromatic heterocycles. The number of hydrogen-bond acceptors (Lipinski definition) is 4. The third-order valence-corrected chi connectivity index (χ3v) is 1.47. The molecule has 0 saturated carbocycles. The van der Waals surface area contributed by atoms with Gasteiger partial charge in [0.05, 0.1) is 17.9 Å². The first-order valence-corrected chi connectivity index (χ1v) is 3.66. The maximum atomic E-state index is 5.70. The molecule has 0 amide bonds. The average Bonchev–Trinajstić information content (AvgIpc) is 2.03. The van der Waals surface area contributed by atoms with E-state index in [4.69, 9.17) is 5.73 Å². The Kier molecular flexibility index (Phi) is 2.48. The van der Waals surface area contributed by atoms with Gasteiger partial charge in [0.2, 0.25) is 0 Å². The number of nitrogens with two attached hydrogens (primary N) is 1. The maximum absolute atomic E-state index is 5.70. The van der Waals surface area contributed by atoms with E-state index >= 15 is 0 Å². The van der Waals surface area contributed by atoms with Crippen LogP contribution in [0.1, 0.15) is 30.9 Å². The average molecular weight is 152 g/mol. The molecular weight excluding hydrogens is 140 g/mol. The second-order valence-electron chi connectivity index (χ2n) is 2.47. The third-order valence-electron chi connectivity index (χ3n) is 1.47. The number of aromatic nitrogens is 3. The molecule has 11 heavy (non-hydrogen) atoms. The molecule has 0 bridgehead atoms. The van der Waals surface area contributed by atoms with Crippen molar-refractivity contribution in [1.29, 1.82) is 0 Å². The van der Waals surface area contributed by atoms with Crippen LogP contribution in [0.25, 0.3) is 0 Å². The zero-order chi connectivity index (χ0) is 8.27. The van der Waals surface area contributed by atoms with Crippen LogP contribution in [0.2, 0.25) is 0 Å². The van der Waals surface area contributed by atoms with Crippen molar-refractivity contribution in [2.45, 2.75) is 26.3 Å². The summed E-state index contributed by atoms with van der Waals surface area (Å²) in [7, 11) is 0. The molecule has 0 aliphatic heterocycles. The minimum Gasteiger partial charge on any atom is -0.321 e. The fourth-order valence-electron chi connectivity index (χ4n) is 0.743. The SMILES string of the molecule is CCC(N)c1nncc(C)n1. The predicted molar refractivity (Wildman–Crippen MR) is 41.8 cm³/mol. The Labute approximate surface area is 65.9 Å². The van der Waals surface area contributed by atoms with Gasteiger partial charge in [-0.1, -0.05) is 6.92 Å². The molecule has 0 aromatic carbocycles. The molecular formula is C7H12N4. The summed E-state index contributed by atoms with van der Waals surface area (Å²) in [4.78, 5) is 4.15. The van der Waals surface area contributed by atoms with E-state index in [0.29, 0.717) is 5.82 Å². The first-order valence-electron chi connectivity index (χ1n) is 3.66. The van der Waals surface area contributed by atoms with Gasteiger partial charge in [-0.05, 0) is 13.3 Å². The molecule has 0 aliphatic carbocycles. The lowest BCUT2D eigenvalue weighted by Crippen LogP contribution is -2.13. The van der Waals surface area contributed by atoms with Crippen LogP contribution in [-0.4, -0.2) is 15.2 Å². The van der Waals surface area contributed by atoms with Crippen molar-refractivity contribution in [2.75, 3.05) is 0 Å². The molecule has 0 radical (unpaired) electrons. The zero-order valence-corrected chi connectivity index (χ0v) is 6.78. The van der Waals surface area contributed by atoms with Crippen LogP contribution < -0.4 is 5.73 Å². The molecule has 1 rings (SSSR count). The van der Waals surface area contributed by atoms with E-state index in [1.165, 1.54) is 0 Å². The largest absolute Gasteiger partial charge is 0.321 e. The molecule has 0 fully saturated rings. The zero-order valence-electron chi connectivity index (χ0n) is 6.78. The third kappa shape index (κ3) is 1.94. The fraction of sp³-hybridized carbons (Fsp3) is 0.571. The standard InChI is InChI=1S/C7H12N4/c1-3-6(8)7-10-5(2)4-9-11-7/h4,6H,3,8H2,1-2H3. The Bertz CT molecular complexity index is 236. The van der Waals surface area contributed by atoms with Gasteiger partial charge < -0.3 is 5.73 Å². The lowest BCUT2D eigenvalue weighted by Gasteiger charge is -2.04. The number of nitrogens with zero attached hydrogens (tertiary/aromatic N) is 3. The molecule has 60 valence electrons. The van der Waals surface area contributed by atoms with Crippen molar-refractivity contribution >= 4 is 0 Å². The van der Waals surface area contributed by atoms with Gasteiger partial charge in [0.25, 0.3) is 0 Å². The fourth-order valence-corrected chi connectivity index (χ4v) is 0.743. The molecule has 1 aromatic rings. The van der Waals surface area contributed by atoms with E-state index in [-0.39, 0.29) is 6.04 Å². The second-order valence-corrected chi connectivity index (χ2v) is 2.47. The van der Waals surface area contributed by atoms with Crippen LogP contribution in [-0.2, 0) is 0 Å². The summed E-state index contributed by atoms with van der Waals surface area (Å²) in [5, 5.41) is 7.58. The number of rotatable bonds is 2. The first-order chi connectivity index (χ1) is 5.24. The van der Waals surface area contributed by atoms with E-state index < -0.39 is 0 Å². The highest BCUT2D eigenvalue weighted by Gasteiger charge is 2.05. The highest BCUT2D eigenvalue weighted by Crippen LogP contribution is 2.05. The van der Waals surface area contributed by atoms with Crippen LogP contribution >= 0.6 is 0 Å². The van der Waals surface area contributed by atoms with E-state index in [0.717, 1.165) is 12.1 Å². The monoisotopic (exact) mass is 152 g/mol. The van der Waals surface area contributed by atoms with Gasteiger partial charge in [-0.25, -0.2) is 4.98 Å². The van der Waals surface area contributed by atoms with Crippen molar-refractivity contribution < 1.29 is 0 Å². The predicted octanol–water partition coefficient (Wildman–Crippen LogP) is 0.590. The van der Waals surface area contributed by atoms with Gasteiger partial charge in [-0.3, -0.25) is 0 Å². The lowest BCUT2D eigenvalue weighted by molar-refractivity contribution is 0.627. The molecule has 0 saturated heterocycles. The summed E-state index contributed by atoms with van der Waals surface area (Å²) >= 11 is 0. The topological polar surface area (TPSA) is 64.7 Å². The Hall–Kier alpha value is -1.03. The smallest absolute Gasteiger partial charge is 0.167 e. The normalized spacial score (nSPS) is 13.0. The molecule has 4 nitrogen and oxygen atoms in total. The summed E-state index contributed by atoms with van der Waals surface area (Å²) in [6, 6.07) is -0.0811. The lowest BCUT2D eigenvalue weighted by atomic mass is 10.2. The van der Waals surface area contributed by atoms with Gasteiger partial charge in [0, 0.05) is 0 Å². The molecule has 0 aliphatic rings. The summed E-state index contributed by atoms with van der Waals surface area (Å²) in [5.74, 6) is 0.632. The Morgan fingerprint density at radius 3 is 2.91 bits per heavy atom. The van der Waals surface area contributed by atoms with Crippen molar-refractivity contribution in [3.63, 3.8) is 0 Å². The minimum absolute atomic E-state index is 0.0811. The van der Waals surface area contributed by atoms with Gasteiger partial charge in [0.15, 0.2) is 5.82 Å². The van der Waals surface area contributed by atoms with Gasteiger partial charge >= 0.3 is 0 Å². The maximum Gasteiger partial charge on any atom is 0.167 e. The van der Waals surface area contributed by atoms with E-state index in [1.54, 1.807) is 6.20 Å². The van der Waals surface area contributed by atoms with Crippen LogP contribution in [0.5, 0.6) is 0 Å². The van der Waals surface area contributed by atoms with Crippen LogP contribution in [0.3, 0.4) is 0 Å². The Morgan fingerprint density at radius 1 is 1.64 bits per heavy atom. The van der Waals surface area contributed by atoms with Crippen LogP contribution in [0.4, 0.5) is 0 Å². The first kappa shape index (κ1) is 8.07. The van der Waals surface area contributed by atoms with Crippen molar-refractivity contribution in [1.82, 2.24) is 15.2 Å². The molecule has 1 atom stereocenters. The second kappa shape index (κ2) is 3.39. The highest BCUT2D eigenvalue weighted by molar-refractivity contribution is 4.96. The van der Waals surface area contributed by atoms with Crippen LogP contribution in [0.15, 0.2) is 6.20 Å². The van der Waals surface area contributed by atoms with Crippen molar-refractivity contribution in [2.24, 2.45) is 5.73 Å². The molecule has 1 unspecified atom stereocenters. The molecule has 1 heterocycles. The van der Waals surface area contributed by atoms with Gasteiger partial charge in [-0.15, -0.1) is 5.10 Å². The molecule has 2 N–H and O–H groups in total. The summed E-state index contributed by atoms with van der Waals surface area (Å²) in [6.45, 7) is 3.87. The van der Waals surface area contributed by atoms with Gasteiger partial charge in [-0.2, -0.15) is 5.10 Å². The minimum atomic E-state index is -0.0811. The van der Waals surface area contributed by atoms with E-state index in [9.17, 15) is 0 Å². The molecule has 0 spiro atoms. The summed E-state index contributed by atoms with van der Waals surface area (Å²) in [6.07, 6.45) is 2.46. The summed E-state index contributed by atoms with van der Waals surface area (Å²) < 4.78 is 0. The number of hydrogen-bond donors (Lipinski definition) is 1. The van der Waals surface area contributed by atoms with Crippen molar-refractivity contribution in [3.05, 3.63) is 17.7 Å². The van der Waals surface area contributed by atoms with Gasteiger partial charge in [0.1, 0.15) is 0 Å². The van der Waals surface area contributed by atoms with Crippen molar-refractivity contribution in [3.8, 4) is 0 Å². The number of aryl methyl sites for hydroxylation is 1. The van der Waals surface area contributed by atoms with E-state index in [2.05, 4.69) is 15.2 Å². The molecule has 4 heteroatoms. The Balaban J connectivity index is 2.86. The quantitative estimate of drug-likeness (QED) is 0.673. The van der Waals surface area contributed by atoms with E-state index in [1.807, 2.05) is 13.8 Å². The summed E-state index contributed by atoms with van der Waals surface area (Å²) in [5.41, 5.74) is 6.56. The highest BCUT2D eigenvalue weighted by atomic mass is 15.2. The Morgan fingerprint density at radius 2 is 2.36 bits per heavy atom.